The molecule has 98 valence electrons. The number of hydrogen-bond donors (Lipinski definition) is 1. The van der Waals surface area contributed by atoms with Gasteiger partial charge in [-0.15, -0.1) is 11.8 Å². The average Bonchev–Trinajstić information content (AvgIpc) is 3.11. The minimum absolute atomic E-state index is 0.137. The number of carboxylic acid groups (broad SMARTS) is 1. The number of benzene rings is 1. The third kappa shape index (κ3) is 2.98. The van der Waals surface area contributed by atoms with E-state index in [4.69, 9.17) is 9.63 Å². The fourth-order valence-corrected chi connectivity index (χ4v) is 2.82. The van der Waals surface area contributed by atoms with Crippen LogP contribution in [-0.2, 0) is 0 Å². The summed E-state index contributed by atoms with van der Waals surface area (Å²) in [5.74, 6) is 0.850. The lowest BCUT2D eigenvalue weighted by Gasteiger charge is -2.01. The number of rotatable bonds is 5. The first kappa shape index (κ1) is 12.3. The van der Waals surface area contributed by atoms with Crippen molar-refractivity contribution in [1.82, 2.24) is 5.16 Å². The first-order valence-electron chi connectivity index (χ1n) is 6.15. The molecule has 2 aromatic rings. The number of aromatic nitrogens is 1. The number of carboxylic acids is 1. The van der Waals surface area contributed by atoms with E-state index in [1.807, 2.05) is 36.0 Å². The molecule has 1 aliphatic rings. The van der Waals surface area contributed by atoms with Gasteiger partial charge in [0.2, 0.25) is 5.76 Å². The molecule has 1 aromatic carbocycles. The van der Waals surface area contributed by atoms with E-state index < -0.39 is 5.97 Å². The van der Waals surface area contributed by atoms with Gasteiger partial charge in [0.15, 0.2) is 0 Å². The fourth-order valence-electron chi connectivity index (χ4n) is 1.73. The molecule has 0 bridgehead atoms. The molecule has 0 spiro atoms. The Morgan fingerprint density at radius 1 is 1.37 bits per heavy atom. The normalized spacial score (nSPS) is 14.5. The molecule has 1 N–H and O–H groups in total. The second-order valence-electron chi connectivity index (χ2n) is 4.66. The number of hydrogen-bond acceptors (Lipinski definition) is 4. The van der Waals surface area contributed by atoms with Crippen LogP contribution in [0, 0.1) is 5.92 Å². The van der Waals surface area contributed by atoms with Crippen LogP contribution in [0.5, 0.6) is 0 Å². The van der Waals surface area contributed by atoms with Crippen LogP contribution in [0.2, 0.25) is 0 Å². The summed E-state index contributed by atoms with van der Waals surface area (Å²) in [5, 5.41) is 12.5. The Kier molecular flexibility index (Phi) is 3.29. The second kappa shape index (κ2) is 5.09. The minimum atomic E-state index is -1.10. The molecule has 0 amide bonds. The van der Waals surface area contributed by atoms with Gasteiger partial charge in [0.1, 0.15) is 5.69 Å². The molecular weight excluding hydrogens is 262 g/mol. The lowest BCUT2D eigenvalue weighted by atomic mass is 10.1. The molecular formula is C14H13NO3S. The predicted octanol–water partition coefficient (Wildman–Crippen LogP) is 3.54. The zero-order chi connectivity index (χ0) is 13.2. The van der Waals surface area contributed by atoms with Crippen molar-refractivity contribution >= 4 is 17.7 Å². The fraction of sp³-hybridized carbons (Fsp3) is 0.286. The van der Waals surface area contributed by atoms with Gasteiger partial charge in [0, 0.05) is 22.3 Å². The van der Waals surface area contributed by atoms with Crippen LogP contribution in [-0.4, -0.2) is 22.0 Å². The minimum Gasteiger partial charge on any atom is -0.475 e. The summed E-state index contributed by atoms with van der Waals surface area (Å²) in [6.07, 6.45) is 2.73. The molecule has 0 unspecified atom stereocenters. The average molecular weight is 275 g/mol. The third-order valence-corrected chi connectivity index (χ3v) is 4.30. The standard InChI is InChI=1S/C14H13NO3S/c16-14(17)13-7-12(15-18-13)10-3-5-11(6-4-10)19-8-9-1-2-9/h3-7,9H,1-2,8H2,(H,16,17). The zero-order valence-corrected chi connectivity index (χ0v) is 11.0. The van der Waals surface area contributed by atoms with Crippen LogP contribution in [0.4, 0.5) is 0 Å². The third-order valence-electron chi connectivity index (χ3n) is 3.05. The Labute approximate surface area is 114 Å². The molecule has 0 atom stereocenters. The lowest BCUT2D eigenvalue weighted by Crippen LogP contribution is -1.91. The molecule has 3 rings (SSSR count). The Morgan fingerprint density at radius 3 is 2.68 bits per heavy atom. The molecule has 1 heterocycles. The highest BCUT2D eigenvalue weighted by molar-refractivity contribution is 7.99. The Morgan fingerprint density at radius 2 is 2.11 bits per heavy atom. The van der Waals surface area contributed by atoms with Crippen LogP contribution in [0.15, 0.2) is 39.8 Å². The highest BCUT2D eigenvalue weighted by Gasteiger charge is 2.21. The monoisotopic (exact) mass is 275 g/mol. The van der Waals surface area contributed by atoms with Gasteiger partial charge >= 0.3 is 5.97 Å². The second-order valence-corrected chi connectivity index (χ2v) is 5.75. The Balaban J connectivity index is 1.71. The number of aromatic carboxylic acids is 1. The molecule has 0 aliphatic heterocycles. The van der Waals surface area contributed by atoms with E-state index in [2.05, 4.69) is 5.16 Å². The van der Waals surface area contributed by atoms with Crippen molar-refractivity contribution in [1.29, 1.82) is 0 Å². The van der Waals surface area contributed by atoms with E-state index in [9.17, 15) is 4.79 Å². The van der Waals surface area contributed by atoms with E-state index in [0.717, 1.165) is 11.5 Å². The van der Waals surface area contributed by atoms with Gasteiger partial charge < -0.3 is 9.63 Å². The van der Waals surface area contributed by atoms with Gasteiger partial charge in [0.05, 0.1) is 0 Å². The van der Waals surface area contributed by atoms with Crippen LogP contribution in [0.1, 0.15) is 23.4 Å². The van der Waals surface area contributed by atoms with Gasteiger partial charge in [-0.25, -0.2) is 4.79 Å². The quantitative estimate of drug-likeness (QED) is 0.845. The smallest absolute Gasteiger partial charge is 0.374 e. The maximum atomic E-state index is 10.7. The van der Waals surface area contributed by atoms with Crippen molar-refractivity contribution in [2.45, 2.75) is 17.7 Å². The van der Waals surface area contributed by atoms with E-state index in [0.29, 0.717) is 5.69 Å². The van der Waals surface area contributed by atoms with E-state index in [-0.39, 0.29) is 5.76 Å². The molecule has 5 heteroatoms. The van der Waals surface area contributed by atoms with Gasteiger partial charge in [-0.1, -0.05) is 17.3 Å². The lowest BCUT2D eigenvalue weighted by molar-refractivity contribution is 0.0652. The maximum absolute atomic E-state index is 10.7. The maximum Gasteiger partial charge on any atom is 0.374 e. The number of thioether (sulfide) groups is 1. The van der Waals surface area contributed by atoms with E-state index >= 15 is 0 Å². The van der Waals surface area contributed by atoms with Gasteiger partial charge in [-0.2, -0.15) is 0 Å². The van der Waals surface area contributed by atoms with Gasteiger partial charge in [-0.3, -0.25) is 0 Å². The number of nitrogens with zero attached hydrogens (tertiary/aromatic N) is 1. The van der Waals surface area contributed by atoms with Crippen molar-refractivity contribution < 1.29 is 14.4 Å². The predicted molar refractivity (Wildman–Crippen MR) is 72.3 cm³/mol. The number of carbonyl (C=O) groups is 1. The van der Waals surface area contributed by atoms with Crippen molar-refractivity contribution in [3.05, 3.63) is 36.1 Å². The largest absolute Gasteiger partial charge is 0.475 e. The first-order valence-corrected chi connectivity index (χ1v) is 7.14. The summed E-state index contributed by atoms with van der Waals surface area (Å²) < 4.78 is 4.74. The molecule has 1 aliphatic carbocycles. The van der Waals surface area contributed by atoms with Gasteiger partial charge in [-0.05, 0) is 30.9 Å². The zero-order valence-electron chi connectivity index (χ0n) is 10.2. The summed E-state index contributed by atoms with van der Waals surface area (Å²) in [4.78, 5) is 12.0. The first-order chi connectivity index (χ1) is 9.22. The van der Waals surface area contributed by atoms with Crippen LogP contribution < -0.4 is 0 Å². The van der Waals surface area contributed by atoms with Crippen LogP contribution in [0.25, 0.3) is 11.3 Å². The summed E-state index contributed by atoms with van der Waals surface area (Å²) in [6.45, 7) is 0. The molecule has 19 heavy (non-hydrogen) atoms. The Hall–Kier alpha value is -1.75. The van der Waals surface area contributed by atoms with Crippen molar-refractivity contribution in [2.75, 3.05) is 5.75 Å². The van der Waals surface area contributed by atoms with E-state index in [1.54, 1.807) is 0 Å². The highest BCUT2D eigenvalue weighted by Crippen LogP contribution is 2.35. The molecule has 0 saturated heterocycles. The Bertz CT molecular complexity index is 587. The van der Waals surface area contributed by atoms with Crippen molar-refractivity contribution in [3.63, 3.8) is 0 Å². The molecule has 1 aromatic heterocycles. The summed E-state index contributed by atoms with van der Waals surface area (Å²) >= 11 is 1.87. The highest BCUT2D eigenvalue weighted by atomic mass is 32.2. The van der Waals surface area contributed by atoms with Crippen LogP contribution in [0.3, 0.4) is 0 Å². The van der Waals surface area contributed by atoms with E-state index in [1.165, 1.54) is 29.6 Å². The molecule has 4 nitrogen and oxygen atoms in total. The van der Waals surface area contributed by atoms with Gasteiger partial charge in [0.25, 0.3) is 0 Å². The molecule has 1 saturated carbocycles. The van der Waals surface area contributed by atoms with Crippen molar-refractivity contribution in [2.24, 2.45) is 5.92 Å². The SMILES string of the molecule is O=C(O)c1cc(-c2ccc(SCC3CC3)cc2)no1. The topological polar surface area (TPSA) is 63.3 Å². The molecule has 0 radical (unpaired) electrons. The van der Waals surface area contributed by atoms with Crippen LogP contribution >= 0.6 is 11.8 Å². The van der Waals surface area contributed by atoms with Crippen molar-refractivity contribution in [3.8, 4) is 11.3 Å². The summed E-state index contributed by atoms with van der Waals surface area (Å²) in [6, 6.07) is 9.40. The summed E-state index contributed by atoms with van der Waals surface area (Å²) in [7, 11) is 0. The summed E-state index contributed by atoms with van der Waals surface area (Å²) in [5.41, 5.74) is 1.42. The molecule has 1 fully saturated rings.